The third kappa shape index (κ3) is 4.72. The van der Waals surface area contributed by atoms with Crippen LogP contribution < -0.4 is 0 Å². The molecule has 0 fully saturated rings. The van der Waals surface area contributed by atoms with Gasteiger partial charge in [0.2, 0.25) is 0 Å². The Balaban J connectivity index is 1.42. The van der Waals surface area contributed by atoms with E-state index in [1.807, 2.05) is 18.2 Å². The van der Waals surface area contributed by atoms with Crippen molar-refractivity contribution in [3.8, 4) is 11.5 Å². The van der Waals surface area contributed by atoms with Crippen LogP contribution in [0.25, 0.3) is 11.5 Å². The Bertz CT molecular complexity index is 1120. The summed E-state index contributed by atoms with van der Waals surface area (Å²) in [6.45, 7) is 1.81. The molecule has 0 radical (unpaired) electrons. The lowest BCUT2D eigenvalue weighted by molar-refractivity contribution is 0.161. The molecule has 0 amide bonds. The summed E-state index contributed by atoms with van der Waals surface area (Å²) in [5.74, 6) is 0.609. The first kappa shape index (κ1) is 20.8. The Hall–Kier alpha value is -3.08. The van der Waals surface area contributed by atoms with Gasteiger partial charge in [-0.1, -0.05) is 78.3 Å². The normalized spacial score (nSPS) is 15.5. The van der Waals surface area contributed by atoms with Crippen LogP contribution in [0.3, 0.4) is 0 Å². The Morgan fingerprint density at radius 3 is 2.09 bits per heavy atom. The predicted octanol–water partition coefficient (Wildman–Crippen LogP) is 5.75. The molecule has 1 aliphatic rings. The number of fused-ring (bicyclic) bond motifs is 1. The Labute approximate surface area is 194 Å². The molecular formula is C27H25ClN4. The Kier molecular flexibility index (Phi) is 6.24. The molecule has 0 saturated carbocycles. The highest BCUT2D eigenvalue weighted by atomic mass is 35.5. The molecule has 0 spiro atoms. The molecule has 2 aromatic heterocycles. The molecule has 0 aliphatic heterocycles. The first-order chi connectivity index (χ1) is 15.8. The van der Waals surface area contributed by atoms with Gasteiger partial charge in [0, 0.05) is 36.6 Å². The quantitative estimate of drug-likeness (QED) is 0.358. The smallest absolute Gasteiger partial charge is 0.179 e. The lowest BCUT2D eigenvalue weighted by Crippen LogP contribution is -2.39. The van der Waals surface area contributed by atoms with Crippen molar-refractivity contribution in [1.82, 2.24) is 19.9 Å². The molecular weight excluding hydrogens is 416 g/mol. The van der Waals surface area contributed by atoms with Crippen molar-refractivity contribution in [2.24, 2.45) is 0 Å². The summed E-state index contributed by atoms with van der Waals surface area (Å²) in [6, 6.07) is 27.5. The summed E-state index contributed by atoms with van der Waals surface area (Å²) in [5.41, 5.74) is 5.54. The molecule has 1 aliphatic carbocycles. The van der Waals surface area contributed by atoms with Gasteiger partial charge in [0.15, 0.2) is 5.82 Å². The van der Waals surface area contributed by atoms with Crippen LogP contribution in [0.2, 0.25) is 5.15 Å². The van der Waals surface area contributed by atoms with Crippen LogP contribution >= 0.6 is 11.6 Å². The van der Waals surface area contributed by atoms with Crippen LogP contribution in [-0.4, -0.2) is 25.9 Å². The maximum absolute atomic E-state index is 6.69. The average Bonchev–Trinajstić information content (AvgIpc) is 2.85. The predicted molar refractivity (Wildman–Crippen MR) is 128 cm³/mol. The van der Waals surface area contributed by atoms with Crippen LogP contribution in [0.1, 0.15) is 28.8 Å². The highest BCUT2D eigenvalue weighted by Crippen LogP contribution is 2.31. The number of nitrogens with zero attached hydrogens (tertiary/aromatic N) is 4. The SMILES string of the molecule is Clc1nc(-c2ccccn2)nc2c1CC(N(Cc1ccccc1)Cc1ccccc1)CC2. The van der Waals surface area contributed by atoms with E-state index in [1.54, 1.807) is 6.20 Å². The van der Waals surface area contributed by atoms with Crippen LogP contribution in [-0.2, 0) is 25.9 Å². The number of hydrogen-bond donors (Lipinski definition) is 0. The van der Waals surface area contributed by atoms with Gasteiger partial charge in [-0.25, -0.2) is 9.97 Å². The number of aromatic nitrogens is 3. The second-order valence-electron chi connectivity index (χ2n) is 8.25. The van der Waals surface area contributed by atoms with Gasteiger partial charge in [0.25, 0.3) is 0 Å². The fraction of sp³-hybridized carbons (Fsp3) is 0.222. The largest absolute Gasteiger partial charge is 0.292 e. The van der Waals surface area contributed by atoms with Crippen molar-refractivity contribution >= 4 is 11.6 Å². The maximum Gasteiger partial charge on any atom is 0.179 e. The van der Waals surface area contributed by atoms with Crippen molar-refractivity contribution in [2.45, 2.75) is 38.4 Å². The lowest BCUT2D eigenvalue weighted by Gasteiger charge is -2.35. The second kappa shape index (κ2) is 9.60. The summed E-state index contributed by atoms with van der Waals surface area (Å²) >= 11 is 6.69. The van der Waals surface area contributed by atoms with E-state index < -0.39 is 0 Å². The summed E-state index contributed by atoms with van der Waals surface area (Å²) in [6.07, 6.45) is 4.55. The third-order valence-electron chi connectivity index (χ3n) is 6.06. The molecule has 4 aromatic rings. The summed E-state index contributed by atoms with van der Waals surface area (Å²) in [5, 5.41) is 0.555. The van der Waals surface area contributed by atoms with Crippen molar-refractivity contribution < 1.29 is 0 Å². The molecule has 1 atom stereocenters. The van der Waals surface area contributed by atoms with Crippen molar-refractivity contribution in [2.75, 3.05) is 0 Å². The van der Waals surface area contributed by atoms with E-state index in [-0.39, 0.29) is 0 Å². The topological polar surface area (TPSA) is 41.9 Å². The molecule has 160 valence electrons. The minimum atomic E-state index is 0.379. The first-order valence-corrected chi connectivity index (χ1v) is 11.4. The zero-order valence-corrected chi connectivity index (χ0v) is 18.6. The minimum Gasteiger partial charge on any atom is -0.292 e. The second-order valence-corrected chi connectivity index (χ2v) is 8.61. The van der Waals surface area contributed by atoms with Gasteiger partial charge >= 0.3 is 0 Å². The van der Waals surface area contributed by atoms with Crippen molar-refractivity contribution in [3.05, 3.63) is 113 Å². The van der Waals surface area contributed by atoms with Crippen LogP contribution in [0.4, 0.5) is 0 Å². The van der Waals surface area contributed by atoms with Gasteiger partial charge in [0.1, 0.15) is 10.8 Å². The zero-order valence-electron chi connectivity index (χ0n) is 17.9. The van der Waals surface area contributed by atoms with E-state index in [2.05, 4.69) is 75.5 Å². The molecule has 1 unspecified atom stereocenters. The fourth-order valence-corrected chi connectivity index (χ4v) is 4.69. The van der Waals surface area contributed by atoms with E-state index in [9.17, 15) is 0 Å². The molecule has 2 heterocycles. The molecule has 0 saturated heterocycles. The maximum atomic E-state index is 6.69. The highest BCUT2D eigenvalue weighted by molar-refractivity contribution is 6.30. The third-order valence-corrected chi connectivity index (χ3v) is 6.38. The summed E-state index contributed by atoms with van der Waals surface area (Å²) < 4.78 is 0. The van der Waals surface area contributed by atoms with E-state index in [0.29, 0.717) is 17.0 Å². The van der Waals surface area contributed by atoms with E-state index in [1.165, 1.54) is 11.1 Å². The average molecular weight is 441 g/mol. The fourth-order valence-electron chi connectivity index (χ4n) is 4.42. The number of rotatable bonds is 6. The number of hydrogen-bond acceptors (Lipinski definition) is 4. The van der Waals surface area contributed by atoms with E-state index >= 15 is 0 Å². The minimum absolute atomic E-state index is 0.379. The van der Waals surface area contributed by atoms with E-state index in [4.69, 9.17) is 16.6 Å². The Morgan fingerprint density at radius 2 is 1.47 bits per heavy atom. The molecule has 32 heavy (non-hydrogen) atoms. The van der Waals surface area contributed by atoms with Crippen LogP contribution in [0.15, 0.2) is 85.1 Å². The van der Waals surface area contributed by atoms with Gasteiger partial charge < -0.3 is 0 Å². The van der Waals surface area contributed by atoms with Gasteiger partial charge in [0.05, 0.1) is 0 Å². The van der Waals surface area contributed by atoms with E-state index in [0.717, 1.165) is 49.3 Å². The van der Waals surface area contributed by atoms with Crippen LogP contribution in [0, 0.1) is 0 Å². The Morgan fingerprint density at radius 1 is 0.812 bits per heavy atom. The summed E-state index contributed by atoms with van der Waals surface area (Å²) in [4.78, 5) is 16.4. The standard InChI is InChI=1S/C27H25ClN4/c28-26-23-17-22(14-15-24(23)30-27(31-26)25-13-7-8-16-29-25)32(18-20-9-3-1-4-10-20)19-21-11-5-2-6-12-21/h1-13,16,22H,14-15,17-19H2. The van der Waals surface area contributed by atoms with Crippen LogP contribution in [0.5, 0.6) is 0 Å². The molecule has 0 bridgehead atoms. The van der Waals surface area contributed by atoms with Gasteiger partial charge in [-0.3, -0.25) is 9.88 Å². The molecule has 4 nitrogen and oxygen atoms in total. The zero-order chi connectivity index (χ0) is 21.8. The highest BCUT2D eigenvalue weighted by Gasteiger charge is 2.28. The number of pyridine rings is 1. The molecule has 0 N–H and O–H groups in total. The number of benzene rings is 2. The van der Waals surface area contributed by atoms with Gasteiger partial charge in [-0.2, -0.15) is 0 Å². The van der Waals surface area contributed by atoms with Gasteiger partial charge in [-0.05, 0) is 42.5 Å². The number of halogens is 1. The molecule has 5 heteroatoms. The first-order valence-electron chi connectivity index (χ1n) is 11.0. The van der Waals surface area contributed by atoms with Crippen molar-refractivity contribution in [3.63, 3.8) is 0 Å². The lowest BCUT2D eigenvalue weighted by atomic mass is 9.90. The monoisotopic (exact) mass is 440 g/mol. The van der Waals surface area contributed by atoms with Crippen molar-refractivity contribution in [1.29, 1.82) is 0 Å². The molecule has 2 aromatic carbocycles. The number of aryl methyl sites for hydroxylation is 1. The molecule has 5 rings (SSSR count). The summed E-state index contributed by atoms with van der Waals surface area (Å²) in [7, 11) is 0. The van der Waals surface area contributed by atoms with Gasteiger partial charge in [-0.15, -0.1) is 0 Å².